The number of nitro groups is 1. The molecule has 1 atom stereocenters. The maximum atomic E-state index is 12.1. The molecule has 0 bridgehead atoms. The van der Waals surface area contributed by atoms with Gasteiger partial charge in [0.1, 0.15) is 5.69 Å². The van der Waals surface area contributed by atoms with Gasteiger partial charge in [-0.2, -0.15) is 0 Å². The topological polar surface area (TPSA) is 117 Å². The van der Waals surface area contributed by atoms with E-state index in [0.29, 0.717) is 5.75 Å². The molecule has 0 saturated carbocycles. The largest absolute Gasteiger partial charge is 0.454 e. The average molecular weight is 295 g/mol. The fourth-order valence-electron chi connectivity index (χ4n) is 1.79. The number of ether oxygens (including phenoxy) is 2. The molecule has 1 heterocycles. The average Bonchev–Trinajstić information content (AvgIpc) is 2.82. The van der Waals surface area contributed by atoms with Crippen LogP contribution in [0.5, 0.6) is 11.5 Å². The summed E-state index contributed by atoms with van der Waals surface area (Å²) >= 11 is 0. The van der Waals surface area contributed by atoms with Gasteiger partial charge in [-0.3, -0.25) is 14.9 Å². The molecule has 0 aromatic heterocycles. The van der Waals surface area contributed by atoms with Crippen molar-refractivity contribution in [3.8, 4) is 11.5 Å². The second-order valence-electron chi connectivity index (χ2n) is 5.81. The summed E-state index contributed by atoms with van der Waals surface area (Å²) in [6.45, 7) is 5.42. The fourth-order valence-corrected chi connectivity index (χ4v) is 1.79. The van der Waals surface area contributed by atoms with Gasteiger partial charge in [-0.15, -0.1) is 0 Å². The molecule has 8 heteroatoms. The summed E-state index contributed by atoms with van der Waals surface area (Å²) in [5.74, 6) is 0.129. The highest BCUT2D eigenvalue weighted by atomic mass is 16.7. The highest BCUT2D eigenvalue weighted by Gasteiger charge is 2.30. The molecule has 1 aromatic carbocycles. The van der Waals surface area contributed by atoms with E-state index in [2.05, 4.69) is 5.32 Å². The Balaban J connectivity index is 2.31. The van der Waals surface area contributed by atoms with Crippen LogP contribution in [0.1, 0.15) is 20.8 Å². The number of rotatable bonds is 3. The number of nitrogens with two attached hydrogens (primary N) is 1. The third kappa shape index (κ3) is 3.05. The number of hydrogen-bond donors (Lipinski definition) is 2. The minimum absolute atomic E-state index is 0.00854. The summed E-state index contributed by atoms with van der Waals surface area (Å²) in [4.78, 5) is 22.6. The van der Waals surface area contributed by atoms with Crippen LogP contribution in [-0.2, 0) is 4.79 Å². The lowest BCUT2D eigenvalue weighted by Crippen LogP contribution is -2.45. The molecule has 3 N–H and O–H groups in total. The molecule has 2 rings (SSSR count). The van der Waals surface area contributed by atoms with Gasteiger partial charge in [0.25, 0.3) is 5.69 Å². The number of fused-ring (bicyclic) bond motifs is 1. The van der Waals surface area contributed by atoms with Crippen molar-refractivity contribution in [2.45, 2.75) is 26.8 Å². The van der Waals surface area contributed by atoms with Gasteiger partial charge >= 0.3 is 0 Å². The normalized spacial score (nSPS) is 14.7. The van der Waals surface area contributed by atoms with Crippen LogP contribution in [-0.4, -0.2) is 23.7 Å². The van der Waals surface area contributed by atoms with Crippen LogP contribution in [0, 0.1) is 15.5 Å². The van der Waals surface area contributed by atoms with Crippen molar-refractivity contribution in [1.29, 1.82) is 0 Å². The Morgan fingerprint density at radius 2 is 1.95 bits per heavy atom. The lowest BCUT2D eigenvalue weighted by Gasteiger charge is -2.25. The van der Waals surface area contributed by atoms with E-state index in [9.17, 15) is 14.9 Å². The Kier molecular flexibility index (Phi) is 3.73. The number of nitrogens with one attached hydrogen (secondary N) is 1. The molecule has 1 aliphatic rings. The molecule has 0 saturated heterocycles. The van der Waals surface area contributed by atoms with E-state index in [0.717, 1.165) is 0 Å². The molecule has 0 spiro atoms. The number of carbonyl (C=O) groups excluding carboxylic acids is 1. The third-order valence-corrected chi connectivity index (χ3v) is 3.16. The van der Waals surface area contributed by atoms with Gasteiger partial charge < -0.3 is 20.5 Å². The first-order valence-corrected chi connectivity index (χ1v) is 6.34. The Labute approximate surface area is 121 Å². The number of nitrogens with zero attached hydrogens (tertiary/aromatic N) is 1. The molecule has 0 fully saturated rings. The summed E-state index contributed by atoms with van der Waals surface area (Å²) in [5, 5.41) is 13.6. The van der Waals surface area contributed by atoms with Crippen molar-refractivity contribution in [1.82, 2.24) is 0 Å². The van der Waals surface area contributed by atoms with Crippen LogP contribution in [0.4, 0.5) is 11.4 Å². The number of anilines is 1. The minimum atomic E-state index is -0.803. The van der Waals surface area contributed by atoms with Gasteiger partial charge in [0, 0.05) is 6.07 Å². The number of benzene rings is 1. The SMILES string of the molecule is CC(C)(C)[C@H](N)C(=O)Nc1cc2c(cc1[N+](=O)[O-])OCO2. The zero-order valence-corrected chi connectivity index (χ0v) is 12.0. The quantitative estimate of drug-likeness (QED) is 0.646. The predicted molar refractivity (Wildman–Crippen MR) is 75.3 cm³/mol. The Morgan fingerprint density at radius 3 is 2.48 bits per heavy atom. The third-order valence-electron chi connectivity index (χ3n) is 3.16. The number of hydrogen-bond acceptors (Lipinski definition) is 6. The van der Waals surface area contributed by atoms with E-state index in [1.807, 2.05) is 20.8 Å². The molecular formula is C13H17N3O5. The molecule has 1 aliphatic heterocycles. The van der Waals surface area contributed by atoms with Crippen molar-refractivity contribution >= 4 is 17.3 Å². The monoisotopic (exact) mass is 295 g/mol. The smallest absolute Gasteiger partial charge is 0.296 e. The van der Waals surface area contributed by atoms with Gasteiger partial charge in [-0.25, -0.2) is 0 Å². The van der Waals surface area contributed by atoms with Crippen molar-refractivity contribution in [3.63, 3.8) is 0 Å². The van der Waals surface area contributed by atoms with Crippen LogP contribution in [0.25, 0.3) is 0 Å². The molecule has 0 unspecified atom stereocenters. The Morgan fingerprint density at radius 1 is 1.38 bits per heavy atom. The van der Waals surface area contributed by atoms with Crippen LogP contribution in [0.2, 0.25) is 0 Å². The zero-order valence-electron chi connectivity index (χ0n) is 12.0. The number of carbonyl (C=O) groups is 1. The van der Waals surface area contributed by atoms with Crippen molar-refractivity contribution < 1.29 is 19.2 Å². The molecule has 0 radical (unpaired) electrons. The second-order valence-corrected chi connectivity index (χ2v) is 5.81. The van der Waals surface area contributed by atoms with Gasteiger partial charge in [-0.1, -0.05) is 20.8 Å². The van der Waals surface area contributed by atoms with Crippen LogP contribution >= 0.6 is 0 Å². The highest BCUT2D eigenvalue weighted by Crippen LogP contribution is 2.40. The van der Waals surface area contributed by atoms with Crippen LogP contribution in [0.15, 0.2) is 12.1 Å². The molecule has 114 valence electrons. The Bertz CT molecular complexity index is 594. The van der Waals surface area contributed by atoms with E-state index in [1.165, 1.54) is 12.1 Å². The van der Waals surface area contributed by atoms with Crippen molar-refractivity contribution in [2.75, 3.05) is 12.1 Å². The van der Waals surface area contributed by atoms with Gasteiger partial charge in [0.2, 0.25) is 12.7 Å². The first-order chi connectivity index (χ1) is 9.70. The first kappa shape index (κ1) is 15.0. The lowest BCUT2D eigenvalue weighted by atomic mass is 9.87. The zero-order chi connectivity index (χ0) is 15.8. The van der Waals surface area contributed by atoms with Gasteiger partial charge in [0.05, 0.1) is 17.0 Å². The molecule has 8 nitrogen and oxygen atoms in total. The maximum Gasteiger partial charge on any atom is 0.296 e. The summed E-state index contributed by atoms with van der Waals surface area (Å²) < 4.78 is 10.2. The van der Waals surface area contributed by atoms with Gasteiger partial charge in [0.15, 0.2) is 11.5 Å². The van der Waals surface area contributed by atoms with E-state index in [1.54, 1.807) is 0 Å². The summed E-state index contributed by atoms with van der Waals surface area (Å²) in [6.07, 6.45) is 0. The van der Waals surface area contributed by atoms with E-state index in [-0.39, 0.29) is 23.9 Å². The number of amides is 1. The Hall–Kier alpha value is -2.35. The fraction of sp³-hybridized carbons (Fsp3) is 0.462. The van der Waals surface area contributed by atoms with E-state index in [4.69, 9.17) is 15.2 Å². The van der Waals surface area contributed by atoms with Crippen LogP contribution in [0.3, 0.4) is 0 Å². The summed E-state index contributed by atoms with van der Waals surface area (Å²) in [6, 6.07) is 1.79. The van der Waals surface area contributed by atoms with Crippen molar-refractivity contribution in [2.24, 2.45) is 11.1 Å². The first-order valence-electron chi connectivity index (χ1n) is 6.34. The molecule has 21 heavy (non-hydrogen) atoms. The van der Waals surface area contributed by atoms with Crippen molar-refractivity contribution in [3.05, 3.63) is 22.2 Å². The number of nitro benzene ring substituents is 1. The minimum Gasteiger partial charge on any atom is -0.454 e. The van der Waals surface area contributed by atoms with Gasteiger partial charge in [-0.05, 0) is 5.41 Å². The highest BCUT2D eigenvalue weighted by molar-refractivity contribution is 5.97. The predicted octanol–water partition coefficient (Wildman–Crippen LogP) is 1.64. The summed E-state index contributed by atoms with van der Waals surface area (Å²) in [7, 11) is 0. The molecular weight excluding hydrogens is 278 g/mol. The standard InChI is InChI=1S/C13H17N3O5/c1-13(2,3)11(14)12(17)15-7-4-9-10(21-6-20-9)5-8(7)16(18)19/h4-5,11H,6,14H2,1-3H3,(H,15,17)/t11-/m1/s1. The molecule has 0 aliphatic carbocycles. The molecule has 1 aromatic rings. The molecule has 1 amide bonds. The van der Waals surface area contributed by atoms with E-state index >= 15 is 0 Å². The van der Waals surface area contributed by atoms with E-state index < -0.39 is 22.3 Å². The second kappa shape index (κ2) is 5.21. The lowest BCUT2D eigenvalue weighted by molar-refractivity contribution is -0.384. The maximum absolute atomic E-state index is 12.1. The summed E-state index contributed by atoms with van der Waals surface area (Å²) in [5.41, 5.74) is 5.15. The van der Waals surface area contributed by atoms with Crippen LogP contribution < -0.4 is 20.5 Å².